The summed E-state index contributed by atoms with van der Waals surface area (Å²) in [6.45, 7) is 2.09. The summed E-state index contributed by atoms with van der Waals surface area (Å²) in [6.07, 6.45) is 8.54. The smallest absolute Gasteiger partial charge is 0.327 e. The Morgan fingerprint density at radius 1 is 1.69 bits per heavy atom. The van der Waals surface area contributed by atoms with Crippen molar-refractivity contribution in [3.05, 3.63) is 0 Å². The van der Waals surface area contributed by atoms with Gasteiger partial charge in [-0.1, -0.05) is 5.92 Å². The first-order valence-electron chi connectivity index (χ1n) is 5.73. The van der Waals surface area contributed by atoms with Crippen molar-refractivity contribution in [1.82, 2.24) is 10.2 Å². The van der Waals surface area contributed by atoms with Gasteiger partial charge in [0.1, 0.15) is 5.54 Å². The molecule has 0 radical (unpaired) electrons. The molecule has 2 aliphatic rings. The van der Waals surface area contributed by atoms with Gasteiger partial charge in [-0.25, -0.2) is 0 Å². The van der Waals surface area contributed by atoms with Crippen LogP contribution in [0.2, 0.25) is 0 Å². The molecular weight excluding hydrogens is 204 g/mol. The second-order valence-corrected chi connectivity index (χ2v) is 4.58. The Morgan fingerprint density at radius 2 is 2.44 bits per heavy atom. The Hall–Kier alpha value is -1.05. The van der Waals surface area contributed by atoms with Gasteiger partial charge in [0.05, 0.1) is 13.7 Å². The zero-order valence-electron chi connectivity index (χ0n) is 9.66. The van der Waals surface area contributed by atoms with Gasteiger partial charge in [-0.3, -0.25) is 15.0 Å². The van der Waals surface area contributed by atoms with Gasteiger partial charge < -0.3 is 4.74 Å². The molecule has 4 heteroatoms. The predicted molar refractivity (Wildman–Crippen MR) is 60.8 cm³/mol. The van der Waals surface area contributed by atoms with E-state index >= 15 is 0 Å². The lowest BCUT2D eigenvalue weighted by Gasteiger charge is -2.27. The third-order valence-electron chi connectivity index (χ3n) is 3.47. The fourth-order valence-corrected chi connectivity index (χ4v) is 2.39. The van der Waals surface area contributed by atoms with Crippen LogP contribution in [-0.4, -0.2) is 49.2 Å². The molecule has 2 rings (SSSR count). The Morgan fingerprint density at radius 3 is 3.00 bits per heavy atom. The van der Waals surface area contributed by atoms with Crippen molar-refractivity contribution in [3.8, 4) is 12.3 Å². The summed E-state index contributed by atoms with van der Waals surface area (Å²) in [5.74, 6) is 2.33. The molecule has 0 amide bonds. The van der Waals surface area contributed by atoms with Crippen LogP contribution in [0, 0.1) is 12.3 Å². The quantitative estimate of drug-likeness (QED) is 0.536. The summed E-state index contributed by atoms with van der Waals surface area (Å²) in [6, 6.07) is 0.680. The van der Waals surface area contributed by atoms with Crippen LogP contribution < -0.4 is 5.32 Å². The van der Waals surface area contributed by atoms with E-state index in [4.69, 9.17) is 11.2 Å². The van der Waals surface area contributed by atoms with Gasteiger partial charge in [0.25, 0.3) is 0 Å². The fourth-order valence-electron chi connectivity index (χ4n) is 2.39. The van der Waals surface area contributed by atoms with Crippen LogP contribution in [0.5, 0.6) is 0 Å². The van der Waals surface area contributed by atoms with E-state index in [1.54, 1.807) is 0 Å². The summed E-state index contributed by atoms with van der Waals surface area (Å²) in [7, 11) is 1.43. The maximum Gasteiger partial charge on any atom is 0.327 e. The highest BCUT2D eigenvalue weighted by atomic mass is 16.5. The number of carbonyl (C=O) groups excluding carboxylic acids is 1. The largest absolute Gasteiger partial charge is 0.468 e. The highest BCUT2D eigenvalue weighted by Gasteiger charge is 2.48. The monoisotopic (exact) mass is 222 g/mol. The Labute approximate surface area is 96.3 Å². The molecule has 4 nitrogen and oxygen atoms in total. The van der Waals surface area contributed by atoms with E-state index in [0.717, 1.165) is 19.5 Å². The van der Waals surface area contributed by atoms with E-state index in [1.807, 2.05) is 0 Å². The molecule has 1 aliphatic carbocycles. The van der Waals surface area contributed by atoms with Gasteiger partial charge in [-0.15, -0.1) is 6.42 Å². The number of hydrogen-bond donors (Lipinski definition) is 1. The van der Waals surface area contributed by atoms with Crippen LogP contribution >= 0.6 is 0 Å². The minimum Gasteiger partial charge on any atom is -0.468 e. The van der Waals surface area contributed by atoms with Crippen molar-refractivity contribution in [1.29, 1.82) is 0 Å². The minimum atomic E-state index is -0.580. The van der Waals surface area contributed by atoms with E-state index in [0.29, 0.717) is 12.6 Å². The van der Waals surface area contributed by atoms with Crippen LogP contribution in [-0.2, 0) is 9.53 Å². The van der Waals surface area contributed by atoms with Crippen molar-refractivity contribution in [3.63, 3.8) is 0 Å². The summed E-state index contributed by atoms with van der Waals surface area (Å²) in [5, 5.41) is 3.16. The van der Waals surface area contributed by atoms with E-state index in [9.17, 15) is 4.79 Å². The number of nitrogens with one attached hydrogen (secondary N) is 1. The lowest BCUT2D eigenvalue weighted by Crippen LogP contribution is -2.54. The molecule has 0 aromatic heterocycles. The molecular formula is C12H18N2O2. The van der Waals surface area contributed by atoms with E-state index in [1.165, 1.54) is 20.0 Å². The van der Waals surface area contributed by atoms with Crippen LogP contribution in [0.1, 0.15) is 19.3 Å². The summed E-state index contributed by atoms with van der Waals surface area (Å²) < 4.78 is 4.89. The zero-order valence-corrected chi connectivity index (χ0v) is 9.66. The van der Waals surface area contributed by atoms with Gasteiger partial charge in [-0.2, -0.15) is 0 Å². The highest BCUT2D eigenvalue weighted by molar-refractivity contribution is 5.81. The molecule has 1 heterocycles. The fraction of sp³-hybridized carbons (Fsp3) is 0.750. The first kappa shape index (κ1) is 11.4. The molecule has 1 saturated carbocycles. The number of carbonyl (C=O) groups is 1. The molecule has 0 spiro atoms. The van der Waals surface area contributed by atoms with Gasteiger partial charge in [0.15, 0.2) is 0 Å². The molecule has 1 N–H and O–H groups in total. The normalized spacial score (nSPS) is 30.0. The van der Waals surface area contributed by atoms with Crippen LogP contribution in [0.3, 0.4) is 0 Å². The Bertz CT molecular complexity index is 319. The molecule has 16 heavy (non-hydrogen) atoms. The van der Waals surface area contributed by atoms with Crippen molar-refractivity contribution >= 4 is 5.97 Å². The first-order valence-corrected chi connectivity index (χ1v) is 5.73. The van der Waals surface area contributed by atoms with Crippen molar-refractivity contribution in [2.75, 3.05) is 26.7 Å². The van der Waals surface area contributed by atoms with Crippen molar-refractivity contribution in [2.45, 2.75) is 30.8 Å². The lowest BCUT2D eigenvalue weighted by atomic mass is 9.99. The van der Waals surface area contributed by atoms with Crippen LogP contribution in [0.4, 0.5) is 0 Å². The van der Waals surface area contributed by atoms with Gasteiger partial charge >= 0.3 is 5.97 Å². The van der Waals surface area contributed by atoms with Crippen molar-refractivity contribution in [2.24, 2.45) is 0 Å². The third-order valence-corrected chi connectivity index (χ3v) is 3.47. The first-order chi connectivity index (χ1) is 7.72. The summed E-state index contributed by atoms with van der Waals surface area (Å²) in [4.78, 5) is 14.2. The average Bonchev–Trinajstić information content (AvgIpc) is 3.07. The van der Waals surface area contributed by atoms with Gasteiger partial charge in [0.2, 0.25) is 0 Å². The summed E-state index contributed by atoms with van der Waals surface area (Å²) >= 11 is 0. The Balaban J connectivity index is 2.03. The number of rotatable bonds is 4. The number of likely N-dealkylation sites (tertiary alicyclic amines) is 1. The number of nitrogens with zero attached hydrogens (tertiary/aromatic N) is 1. The average molecular weight is 222 g/mol. The minimum absolute atomic E-state index is 0.189. The lowest BCUT2D eigenvalue weighted by molar-refractivity contribution is -0.148. The molecule has 0 aromatic rings. The predicted octanol–water partition coefficient (Wildman–Crippen LogP) is -0.0109. The molecule has 2 fully saturated rings. The molecule has 1 atom stereocenters. The standard InChI is InChI=1S/C12H18N2O2/c1-3-7-13-12(11(15)16-2)6-8-14(9-12)10-4-5-10/h1,10,13H,4-9H2,2H3. The van der Waals surface area contributed by atoms with E-state index in [2.05, 4.69) is 16.1 Å². The SMILES string of the molecule is C#CCNC1(C(=O)OC)CCN(C2CC2)C1. The second kappa shape index (κ2) is 4.44. The maximum absolute atomic E-state index is 11.9. The zero-order chi connectivity index (χ0) is 11.6. The maximum atomic E-state index is 11.9. The number of ether oxygens (including phenoxy) is 1. The molecule has 1 aliphatic heterocycles. The van der Waals surface area contributed by atoms with Gasteiger partial charge in [0, 0.05) is 19.1 Å². The number of esters is 1. The third kappa shape index (κ3) is 2.06. The molecule has 1 unspecified atom stereocenters. The van der Waals surface area contributed by atoms with Crippen molar-refractivity contribution < 1.29 is 9.53 Å². The van der Waals surface area contributed by atoms with Crippen LogP contribution in [0.15, 0.2) is 0 Å². The summed E-state index contributed by atoms with van der Waals surface area (Å²) in [5.41, 5.74) is -0.580. The van der Waals surface area contributed by atoms with E-state index < -0.39 is 5.54 Å². The molecule has 0 aromatic carbocycles. The number of methoxy groups -OCH3 is 1. The highest BCUT2D eigenvalue weighted by Crippen LogP contribution is 2.33. The second-order valence-electron chi connectivity index (χ2n) is 4.58. The number of terminal acetylenes is 1. The topological polar surface area (TPSA) is 41.6 Å². The Kier molecular flexibility index (Phi) is 3.17. The number of hydrogen-bond acceptors (Lipinski definition) is 4. The van der Waals surface area contributed by atoms with Crippen LogP contribution in [0.25, 0.3) is 0 Å². The molecule has 88 valence electrons. The molecule has 0 bridgehead atoms. The van der Waals surface area contributed by atoms with Gasteiger partial charge in [-0.05, 0) is 19.3 Å². The molecule has 1 saturated heterocycles. The van der Waals surface area contributed by atoms with E-state index in [-0.39, 0.29) is 5.97 Å².